The maximum atomic E-state index is 12.3. The van der Waals surface area contributed by atoms with Gasteiger partial charge in [0.15, 0.2) is 0 Å². The van der Waals surface area contributed by atoms with Crippen LogP contribution in [-0.2, 0) is 14.4 Å². The molecule has 0 radical (unpaired) electrons. The molecule has 1 aromatic rings. The molecule has 22 heavy (non-hydrogen) atoms. The predicted octanol–water partition coefficient (Wildman–Crippen LogP) is 2.40. The normalized spacial score (nSPS) is 24.3. The van der Waals surface area contributed by atoms with E-state index in [4.69, 9.17) is 0 Å². The number of benzene rings is 1. The van der Waals surface area contributed by atoms with Crippen LogP contribution in [0.5, 0.6) is 0 Å². The number of rotatable bonds is 3. The van der Waals surface area contributed by atoms with E-state index >= 15 is 0 Å². The van der Waals surface area contributed by atoms with Gasteiger partial charge in [-0.15, -0.1) is 0 Å². The molecule has 2 atom stereocenters. The lowest BCUT2D eigenvalue weighted by Crippen LogP contribution is -2.38. The average molecular weight is 412 g/mol. The van der Waals surface area contributed by atoms with Crippen molar-refractivity contribution in [3.63, 3.8) is 0 Å². The van der Waals surface area contributed by atoms with Crippen molar-refractivity contribution in [2.45, 2.75) is 25.7 Å². The molecule has 0 unspecified atom stereocenters. The lowest BCUT2D eigenvalue weighted by Gasteiger charge is -2.19. The number of hydrogen-bond donors (Lipinski definition) is 1. The van der Waals surface area contributed by atoms with E-state index in [1.807, 2.05) is 12.1 Å². The van der Waals surface area contributed by atoms with E-state index in [0.29, 0.717) is 5.69 Å². The second-order valence-corrected chi connectivity index (χ2v) is 7.06. The molecule has 6 heteroatoms. The fourth-order valence-corrected chi connectivity index (χ4v) is 3.62. The highest BCUT2D eigenvalue weighted by molar-refractivity contribution is 14.1. The third kappa shape index (κ3) is 3.02. The van der Waals surface area contributed by atoms with Gasteiger partial charge in [-0.3, -0.25) is 19.3 Å². The van der Waals surface area contributed by atoms with Gasteiger partial charge in [-0.1, -0.05) is 12.8 Å². The minimum Gasteiger partial charge on any atom is -0.325 e. The number of carbonyl (C=O) groups is 3. The summed E-state index contributed by atoms with van der Waals surface area (Å²) in [4.78, 5) is 37.8. The van der Waals surface area contributed by atoms with E-state index in [9.17, 15) is 14.4 Å². The number of nitrogens with one attached hydrogen (secondary N) is 1. The Labute approximate surface area is 142 Å². The van der Waals surface area contributed by atoms with Crippen molar-refractivity contribution in [3.8, 4) is 0 Å². The summed E-state index contributed by atoms with van der Waals surface area (Å²) in [5.74, 6) is -1.08. The van der Waals surface area contributed by atoms with Gasteiger partial charge in [0.2, 0.25) is 17.7 Å². The highest BCUT2D eigenvalue weighted by Gasteiger charge is 2.48. The van der Waals surface area contributed by atoms with Gasteiger partial charge in [-0.25, -0.2) is 0 Å². The molecule has 0 spiro atoms. The number of imide groups is 1. The standard InChI is InChI=1S/C16H17IN2O3/c17-10-5-7-11(8-6-10)18-14(20)9-19-15(21)12-3-1-2-4-13(12)16(19)22/h5-8,12-13H,1-4,9H2,(H,18,20)/t12-,13-/m0/s1. The molecule has 3 amide bonds. The van der Waals surface area contributed by atoms with Crippen molar-refractivity contribution >= 4 is 46.0 Å². The molecule has 0 aromatic heterocycles. The monoisotopic (exact) mass is 412 g/mol. The van der Waals surface area contributed by atoms with Crippen molar-refractivity contribution in [2.75, 3.05) is 11.9 Å². The summed E-state index contributed by atoms with van der Waals surface area (Å²) in [6.07, 6.45) is 3.51. The fraction of sp³-hybridized carbons (Fsp3) is 0.438. The minimum atomic E-state index is -0.332. The molecular weight excluding hydrogens is 395 g/mol. The highest BCUT2D eigenvalue weighted by atomic mass is 127. The van der Waals surface area contributed by atoms with E-state index in [-0.39, 0.29) is 36.1 Å². The first-order valence-electron chi connectivity index (χ1n) is 7.47. The van der Waals surface area contributed by atoms with Crippen molar-refractivity contribution in [2.24, 2.45) is 11.8 Å². The second-order valence-electron chi connectivity index (χ2n) is 5.82. The van der Waals surface area contributed by atoms with Crippen LogP contribution in [-0.4, -0.2) is 29.2 Å². The molecule has 0 bridgehead atoms. The number of carbonyl (C=O) groups excluding carboxylic acids is 3. The maximum Gasteiger partial charge on any atom is 0.244 e. The summed E-state index contributed by atoms with van der Waals surface area (Å²) in [6, 6.07) is 7.37. The van der Waals surface area contributed by atoms with Crippen LogP contribution in [0.1, 0.15) is 25.7 Å². The molecule has 3 rings (SSSR count). The molecule has 1 aromatic carbocycles. The van der Waals surface area contributed by atoms with Crippen LogP contribution >= 0.6 is 22.6 Å². The SMILES string of the molecule is O=C(CN1C(=O)[C@H]2CCCC[C@@H]2C1=O)Nc1ccc(I)cc1. The zero-order valence-corrected chi connectivity index (χ0v) is 14.2. The summed E-state index contributed by atoms with van der Waals surface area (Å²) < 4.78 is 1.07. The van der Waals surface area contributed by atoms with Crippen molar-refractivity contribution < 1.29 is 14.4 Å². The molecule has 1 aliphatic carbocycles. The molecule has 5 nitrogen and oxygen atoms in total. The van der Waals surface area contributed by atoms with E-state index in [1.54, 1.807) is 12.1 Å². The summed E-state index contributed by atoms with van der Waals surface area (Å²) in [5.41, 5.74) is 0.668. The van der Waals surface area contributed by atoms with Crippen LogP contribution in [0.2, 0.25) is 0 Å². The van der Waals surface area contributed by atoms with Crippen molar-refractivity contribution in [1.29, 1.82) is 0 Å². The Morgan fingerprint density at radius 3 is 2.18 bits per heavy atom. The van der Waals surface area contributed by atoms with Gasteiger partial charge in [0, 0.05) is 9.26 Å². The van der Waals surface area contributed by atoms with Crippen molar-refractivity contribution in [1.82, 2.24) is 4.90 Å². The Hall–Kier alpha value is -1.44. The third-order valence-electron chi connectivity index (χ3n) is 4.36. The quantitative estimate of drug-likeness (QED) is 0.613. The number of hydrogen-bond acceptors (Lipinski definition) is 3. The Kier molecular flexibility index (Phi) is 4.46. The molecule has 116 valence electrons. The number of likely N-dealkylation sites (tertiary alicyclic amines) is 1. The van der Waals surface area contributed by atoms with Crippen LogP contribution in [0.25, 0.3) is 0 Å². The van der Waals surface area contributed by atoms with Gasteiger partial charge in [0.1, 0.15) is 6.54 Å². The first kappa shape index (κ1) is 15.5. The average Bonchev–Trinajstić information content (AvgIpc) is 2.75. The second kappa shape index (κ2) is 6.36. The molecule has 1 saturated carbocycles. The highest BCUT2D eigenvalue weighted by Crippen LogP contribution is 2.37. The van der Waals surface area contributed by atoms with Crippen LogP contribution in [0.4, 0.5) is 5.69 Å². The molecule has 1 aliphatic heterocycles. The first-order chi connectivity index (χ1) is 10.6. The zero-order valence-electron chi connectivity index (χ0n) is 12.0. The third-order valence-corrected chi connectivity index (χ3v) is 5.08. The zero-order chi connectivity index (χ0) is 15.7. The molecule has 1 saturated heterocycles. The summed E-state index contributed by atoms with van der Waals surface area (Å²) in [5, 5.41) is 2.73. The van der Waals surface area contributed by atoms with Crippen LogP contribution in [0.15, 0.2) is 24.3 Å². The largest absolute Gasteiger partial charge is 0.325 e. The van der Waals surface area contributed by atoms with Gasteiger partial charge in [-0.2, -0.15) is 0 Å². The molecule has 1 heterocycles. The van der Waals surface area contributed by atoms with Gasteiger partial charge in [0.05, 0.1) is 11.8 Å². The number of nitrogens with zero attached hydrogens (tertiary/aromatic N) is 1. The van der Waals surface area contributed by atoms with E-state index < -0.39 is 0 Å². The molecule has 1 N–H and O–H groups in total. The van der Waals surface area contributed by atoms with Crippen LogP contribution < -0.4 is 5.32 Å². The smallest absolute Gasteiger partial charge is 0.244 e. The predicted molar refractivity (Wildman–Crippen MR) is 90.0 cm³/mol. The van der Waals surface area contributed by atoms with Crippen molar-refractivity contribution in [3.05, 3.63) is 27.8 Å². The maximum absolute atomic E-state index is 12.3. The van der Waals surface area contributed by atoms with E-state index in [1.165, 1.54) is 0 Å². The summed E-state index contributed by atoms with van der Waals surface area (Å²) in [6.45, 7) is -0.184. The Morgan fingerprint density at radius 2 is 1.64 bits per heavy atom. The van der Waals surface area contributed by atoms with Gasteiger partial charge in [0.25, 0.3) is 0 Å². The van der Waals surface area contributed by atoms with Crippen LogP contribution in [0.3, 0.4) is 0 Å². The lowest BCUT2D eigenvalue weighted by atomic mass is 9.81. The summed E-state index contributed by atoms with van der Waals surface area (Å²) >= 11 is 2.18. The number of amides is 3. The summed E-state index contributed by atoms with van der Waals surface area (Å²) in [7, 11) is 0. The Balaban J connectivity index is 1.64. The number of fused-ring (bicyclic) bond motifs is 1. The topological polar surface area (TPSA) is 66.5 Å². The Morgan fingerprint density at radius 1 is 1.09 bits per heavy atom. The number of anilines is 1. The Bertz CT molecular complexity index is 590. The number of halogens is 1. The minimum absolute atomic E-state index is 0.174. The lowest BCUT2D eigenvalue weighted by molar-refractivity contribution is -0.142. The van der Waals surface area contributed by atoms with E-state index in [2.05, 4.69) is 27.9 Å². The molecule has 2 aliphatic rings. The van der Waals surface area contributed by atoms with Gasteiger partial charge < -0.3 is 5.32 Å². The van der Waals surface area contributed by atoms with Gasteiger partial charge >= 0.3 is 0 Å². The molecule has 2 fully saturated rings. The van der Waals surface area contributed by atoms with Crippen LogP contribution in [0, 0.1) is 15.4 Å². The van der Waals surface area contributed by atoms with E-state index in [0.717, 1.165) is 34.2 Å². The molecular formula is C16H17IN2O3. The first-order valence-corrected chi connectivity index (χ1v) is 8.55. The fourth-order valence-electron chi connectivity index (χ4n) is 3.26. The van der Waals surface area contributed by atoms with Gasteiger partial charge in [-0.05, 0) is 59.7 Å².